The Morgan fingerprint density at radius 2 is 1.69 bits per heavy atom. The lowest BCUT2D eigenvalue weighted by molar-refractivity contribution is 0.0600. The maximum atomic E-state index is 12.9. The van der Waals surface area contributed by atoms with Crippen molar-refractivity contribution in [1.82, 2.24) is 10.1 Å². The van der Waals surface area contributed by atoms with E-state index in [1.165, 1.54) is 31.4 Å². The van der Waals surface area contributed by atoms with Crippen molar-refractivity contribution < 1.29 is 23.6 Å². The van der Waals surface area contributed by atoms with E-state index in [4.69, 9.17) is 9.26 Å². The first-order valence-corrected chi connectivity index (χ1v) is 8.80. The van der Waals surface area contributed by atoms with Gasteiger partial charge in [0.25, 0.3) is 5.71 Å². The molecule has 0 unspecified atom stereocenters. The molecule has 2 heterocycles. The summed E-state index contributed by atoms with van der Waals surface area (Å²) < 4.78 is 15.5. The highest BCUT2D eigenvalue weighted by Gasteiger charge is 2.21. The van der Waals surface area contributed by atoms with E-state index >= 15 is 0 Å². The third-order valence-electron chi connectivity index (χ3n) is 4.39. The minimum atomic E-state index is -0.577. The van der Waals surface area contributed by atoms with Crippen molar-refractivity contribution in [2.75, 3.05) is 7.11 Å². The molecule has 4 aromatic rings. The maximum Gasteiger partial charge on any atom is 0.344 e. The molecule has 0 N–H and O–H groups in total. The molecule has 0 aliphatic heterocycles. The van der Waals surface area contributed by atoms with Gasteiger partial charge in [-0.25, -0.2) is 14.6 Å². The molecule has 2 aromatic carbocycles. The van der Waals surface area contributed by atoms with Gasteiger partial charge in [-0.15, -0.1) is 0 Å². The van der Waals surface area contributed by atoms with Crippen LogP contribution >= 0.6 is 0 Å². The predicted molar refractivity (Wildman–Crippen MR) is 105 cm³/mol. The summed E-state index contributed by atoms with van der Waals surface area (Å²) in [5.41, 5.74) is 2.86. The first kappa shape index (κ1) is 18.4. The monoisotopic (exact) mass is 388 g/mol. The third-order valence-corrected chi connectivity index (χ3v) is 4.39. The lowest BCUT2D eigenvalue weighted by Gasteiger charge is -2.08. The molecule has 144 valence electrons. The summed E-state index contributed by atoms with van der Waals surface area (Å²) in [5.74, 6) is -0.749. The van der Waals surface area contributed by atoms with Gasteiger partial charge in [0.2, 0.25) is 0 Å². The Balaban J connectivity index is 1.71. The van der Waals surface area contributed by atoms with Crippen LogP contribution in [0, 0.1) is 6.92 Å². The molecule has 0 fully saturated rings. The average Bonchev–Trinajstić information content (AvgIpc) is 3.14. The highest BCUT2D eigenvalue weighted by Crippen LogP contribution is 2.28. The van der Waals surface area contributed by atoms with Gasteiger partial charge in [-0.1, -0.05) is 35.5 Å². The van der Waals surface area contributed by atoms with Crippen molar-refractivity contribution in [2.45, 2.75) is 6.92 Å². The number of aromatic nitrogens is 2. The van der Waals surface area contributed by atoms with Crippen LogP contribution in [0.25, 0.3) is 22.4 Å². The Labute approximate surface area is 165 Å². The molecule has 29 heavy (non-hydrogen) atoms. The van der Waals surface area contributed by atoms with E-state index < -0.39 is 11.9 Å². The van der Waals surface area contributed by atoms with Crippen LogP contribution in [-0.4, -0.2) is 29.2 Å². The van der Waals surface area contributed by atoms with E-state index in [2.05, 4.69) is 14.9 Å². The van der Waals surface area contributed by atoms with Crippen molar-refractivity contribution in [1.29, 1.82) is 0 Å². The highest BCUT2D eigenvalue weighted by molar-refractivity contribution is 6.05. The van der Waals surface area contributed by atoms with Gasteiger partial charge in [0, 0.05) is 5.56 Å². The van der Waals surface area contributed by atoms with Crippen LogP contribution in [0.2, 0.25) is 0 Å². The van der Waals surface area contributed by atoms with Crippen LogP contribution < -0.4 is 4.74 Å². The second-order valence-electron chi connectivity index (χ2n) is 6.27. The number of esters is 2. The van der Waals surface area contributed by atoms with Crippen molar-refractivity contribution in [3.8, 4) is 17.0 Å². The summed E-state index contributed by atoms with van der Waals surface area (Å²) in [6.07, 6.45) is 0. The number of hydrogen-bond donors (Lipinski definition) is 0. The van der Waals surface area contributed by atoms with Crippen molar-refractivity contribution in [2.24, 2.45) is 0 Å². The van der Waals surface area contributed by atoms with E-state index in [0.29, 0.717) is 33.7 Å². The maximum absolute atomic E-state index is 12.9. The first-order valence-electron chi connectivity index (χ1n) is 8.80. The lowest BCUT2D eigenvalue weighted by Crippen LogP contribution is -2.10. The van der Waals surface area contributed by atoms with Gasteiger partial charge in [-0.3, -0.25) is 0 Å². The second-order valence-corrected chi connectivity index (χ2v) is 6.27. The van der Waals surface area contributed by atoms with Crippen LogP contribution in [0.15, 0.2) is 65.2 Å². The quantitative estimate of drug-likeness (QED) is 0.382. The van der Waals surface area contributed by atoms with Crippen LogP contribution in [0.4, 0.5) is 0 Å². The molecule has 0 amide bonds. The van der Waals surface area contributed by atoms with Gasteiger partial charge < -0.3 is 14.0 Å². The van der Waals surface area contributed by atoms with E-state index in [0.717, 1.165) is 5.56 Å². The van der Waals surface area contributed by atoms with Gasteiger partial charge in [0.15, 0.2) is 0 Å². The highest BCUT2D eigenvalue weighted by atomic mass is 16.5. The average molecular weight is 388 g/mol. The largest absolute Gasteiger partial charge is 0.465 e. The van der Waals surface area contributed by atoms with Gasteiger partial charge >= 0.3 is 11.9 Å². The zero-order valence-electron chi connectivity index (χ0n) is 15.7. The molecular weight excluding hydrogens is 372 g/mol. The minimum Gasteiger partial charge on any atom is -0.465 e. The zero-order valence-corrected chi connectivity index (χ0v) is 15.7. The number of hydrogen-bond acceptors (Lipinski definition) is 7. The van der Waals surface area contributed by atoms with Crippen LogP contribution in [0.5, 0.6) is 5.75 Å². The van der Waals surface area contributed by atoms with Crippen molar-refractivity contribution in [3.63, 3.8) is 0 Å². The Morgan fingerprint density at radius 1 is 0.966 bits per heavy atom. The molecule has 0 bridgehead atoms. The summed E-state index contributed by atoms with van der Waals surface area (Å²) in [6.45, 7) is 1.73. The molecule has 0 aliphatic rings. The number of carbonyl (C=O) groups is 2. The Hall–Kier alpha value is -4.00. The summed E-state index contributed by atoms with van der Waals surface area (Å²) in [6, 6.07) is 17.2. The molecule has 7 heteroatoms. The summed E-state index contributed by atoms with van der Waals surface area (Å²) >= 11 is 0. The van der Waals surface area contributed by atoms with Crippen molar-refractivity contribution in [3.05, 3.63) is 77.5 Å². The summed E-state index contributed by atoms with van der Waals surface area (Å²) in [5, 5.41) is 4.43. The Bertz CT molecular complexity index is 1200. The number of aryl methyl sites for hydroxylation is 1. The van der Waals surface area contributed by atoms with Gasteiger partial charge in [0.05, 0.1) is 35.0 Å². The molecule has 0 saturated carbocycles. The number of methoxy groups -OCH3 is 1. The minimum absolute atomic E-state index is 0.261. The molecule has 0 atom stereocenters. The van der Waals surface area contributed by atoms with E-state index in [-0.39, 0.29) is 5.71 Å². The molecule has 4 rings (SSSR count). The number of carbonyl (C=O) groups excluding carboxylic acids is 2. The molecule has 7 nitrogen and oxygen atoms in total. The fourth-order valence-corrected chi connectivity index (χ4v) is 2.95. The fourth-order valence-electron chi connectivity index (χ4n) is 2.95. The topological polar surface area (TPSA) is 91.5 Å². The Morgan fingerprint density at radius 3 is 2.38 bits per heavy atom. The number of fused-ring (bicyclic) bond motifs is 1. The van der Waals surface area contributed by atoms with E-state index in [1.54, 1.807) is 13.0 Å². The normalized spacial score (nSPS) is 10.7. The van der Waals surface area contributed by atoms with Crippen LogP contribution in [-0.2, 0) is 4.74 Å². The Kier molecular flexibility index (Phi) is 4.78. The molecule has 0 saturated heterocycles. The molecule has 2 aromatic heterocycles. The lowest BCUT2D eigenvalue weighted by atomic mass is 10.1. The molecule has 0 radical (unpaired) electrons. The van der Waals surface area contributed by atoms with E-state index in [1.807, 2.05) is 30.3 Å². The SMILES string of the molecule is COC(=O)c1ccc(OC(=O)c2cc(-c3ccccc3)nc3onc(C)c23)cc1. The number of ether oxygens (including phenoxy) is 2. The summed E-state index contributed by atoms with van der Waals surface area (Å²) in [7, 11) is 1.30. The number of rotatable bonds is 4. The van der Waals surface area contributed by atoms with Crippen molar-refractivity contribution >= 4 is 23.0 Å². The van der Waals surface area contributed by atoms with Gasteiger partial charge in [-0.05, 0) is 37.3 Å². The van der Waals surface area contributed by atoms with Crippen LogP contribution in [0.1, 0.15) is 26.4 Å². The van der Waals surface area contributed by atoms with Gasteiger partial charge in [-0.2, -0.15) is 0 Å². The smallest absolute Gasteiger partial charge is 0.344 e. The van der Waals surface area contributed by atoms with Gasteiger partial charge in [0.1, 0.15) is 5.75 Å². The number of benzene rings is 2. The second kappa shape index (κ2) is 7.55. The third kappa shape index (κ3) is 3.58. The van der Waals surface area contributed by atoms with Crippen LogP contribution in [0.3, 0.4) is 0 Å². The fraction of sp³-hybridized carbons (Fsp3) is 0.0909. The predicted octanol–water partition coefficient (Wildman–Crippen LogP) is 4.20. The molecule has 0 spiro atoms. The number of nitrogens with zero attached hydrogens (tertiary/aromatic N) is 2. The molecular formula is C22H16N2O5. The van der Waals surface area contributed by atoms with E-state index in [9.17, 15) is 9.59 Å². The first-order chi connectivity index (χ1) is 14.1. The molecule has 0 aliphatic carbocycles. The standard InChI is InChI=1S/C22H16N2O5/c1-13-19-17(22(26)28-16-10-8-15(9-11-16)21(25)27-2)12-18(23-20(19)29-24-13)14-6-4-3-5-7-14/h3-12H,1-2H3. The number of pyridine rings is 1. The zero-order chi connectivity index (χ0) is 20.4. The summed E-state index contributed by atoms with van der Waals surface area (Å²) in [4.78, 5) is 28.9.